The SMILES string of the molecule is O=C(O)c1ccc(CN2CCC(c3ccccc3C(F)(F)F)CC2)cc1. The highest BCUT2D eigenvalue weighted by Crippen LogP contribution is 2.38. The Kier molecular flexibility index (Phi) is 5.32. The molecule has 0 atom stereocenters. The summed E-state index contributed by atoms with van der Waals surface area (Å²) < 4.78 is 39.6. The van der Waals surface area contributed by atoms with Crippen molar-refractivity contribution in [3.05, 3.63) is 70.8 Å². The minimum atomic E-state index is -4.32. The third kappa shape index (κ3) is 4.25. The number of aromatic carboxylic acids is 1. The zero-order valence-electron chi connectivity index (χ0n) is 14.2. The lowest BCUT2D eigenvalue weighted by Crippen LogP contribution is -2.33. The summed E-state index contributed by atoms with van der Waals surface area (Å²) in [5.41, 5.74) is 1.12. The number of nitrogens with zero attached hydrogens (tertiary/aromatic N) is 1. The van der Waals surface area contributed by atoms with Gasteiger partial charge in [-0.2, -0.15) is 13.2 Å². The highest BCUT2D eigenvalue weighted by Gasteiger charge is 2.35. The summed E-state index contributed by atoms with van der Waals surface area (Å²) in [5, 5.41) is 8.92. The maximum Gasteiger partial charge on any atom is 0.416 e. The number of hydrogen-bond donors (Lipinski definition) is 1. The zero-order chi connectivity index (χ0) is 18.7. The molecule has 0 bridgehead atoms. The van der Waals surface area contributed by atoms with Gasteiger partial charge >= 0.3 is 12.1 Å². The lowest BCUT2D eigenvalue weighted by atomic mass is 9.86. The molecule has 1 aliphatic rings. The molecule has 0 saturated carbocycles. The molecule has 1 aliphatic heterocycles. The number of likely N-dealkylation sites (tertiary alicyclic amines) is 1. The first kappa shape index (κ1) is 18.5. The Bertz CT molecular complexity index is 763. The second kappa shape index (κ2) is 7.50. The van der Waals surface area contributed by atoms with Gasteiger partial charge in [-0.05, 0) is 61.2 Å². The fourth-order valence-corrected chi connectivity index (χ4v) is 3.52. The minimum Gasteiger partial charge on any atom is -0.478 e. The van der Waals surface area contributed by atoms with Gasteiger partial charge in [0.05, 0.1) is 11.1 Å². The van der Waals surface area contributed by atoms with Crippen LogP contribution in [0.3, 0.4) is 0 Å². The van der Waals surface area contributed by atoms with Crippen LogP contribution in [0.4, 0.5) is 13.2 Å². The molecule has 0 radical (unpaired) electrons. The van der Waals surface area contributed by atoms with E-state index in [0.717, 1.165) is 24.7 Å². The van der Waals surface area contributed by atoms with Gasteiger partial charge in [-0.25, -0.2) is 4.79 Å². The summed E-state index contributed by atoms with van der Waals surface area (Å²) in [7, 11) is 0. The average Bonchev–Trinajstić information content (AvgIpc) is 2.62. The molecule has 1 saturated heterocycles. The molecule has 2 aromatic rings. The Morgan fingerprint density at radius 1 is 1.04 bits per heavy atom. The van der Waals surface area contributed by atoms with Gasteiger partial charge in [0, 0.05) is 6.54 Å². The van der Waals surface area contributed by atoms with E-state index in [0.29, 0.717) is 24.9 Å². The van der Waals surface area contributed by atoms with E-state index in [9.17, 15) is 18.0 Å². The smallest absolute Gasteiger partial charge is 0.416 e. The molecule has 0 aromatic heterocycles. The van der Waals surface area contributed by atoms with E-state index in [-0.39, 0.29) is 11.5 Å². The normalized spacial score (nSPS) is 16.6. The fourth-order valence-electron chi connectivity index (χ4n) is 3.52. The molecule has 1 N–H and O–H groups in total. The van der Waals surface area contributed by atoms with Crippen molar-refractivity contribution in [2.45, 2.75) is 31.5 Å². The number of benzene rings is 2. The summed E-state index contributed by atoms with van der Waals surface area (Å²) in [4.78, 5) is 13.1. The highest BCUT2D eigenvalue weighted by atomic mass is 19.4. The van der Waals surface area contributed by atoms with Crippen LogP contribution in [-0.4, -0.2) is 29.1 Å². The number of carbonyl (C=O) groups is 1. The Balaban J connectivity index is 1.62. The second-order valence-electron chi connectivity index (χ2n) is 6.64. The van der Waals surface area contributed by atoms with Gasteiger partial charge in [0.1, 0.15) is 0 Å². The van der Waals surface area contributed by atoms with Crippen LogP contribution >= 0.6 is 0 Å². The minimum absolute atomic E-state index is 0.0848. The van der Waals surface area contributed by atoms with E-state index in [1.54, 1.807) is 36.4 Å². The van der Waals surface area contributed by atoms with Crippen LogP contribution in [0.15, 0.2) is 48.5 Å². The Labute approximate surface area is 150 Å². The Morgan fingerprint density at radius 3 is 2.23 bits per heavy atom. The van der Waals surface area contributed by atoms with Crippen molar-refractivity contribution in [2.75, 3.05) is 13.1 Å². The predicted molar refractivity (Wildman–Crippen MR) is 92.1 cm³/mol. The van der Waals surface area contributed by atoms with Crippen LogP contribution in [-0.2, 0) is 12.7 Å². The average molecular weight is 363 g/mol. The van der Waals surface area contributed by atoms with Crippen LogP contribution in [0.5, 0.6) is 0 Å². The van der Waals surface area contributed by atoms with Crippen molar-refractivity contribution in [3.63, 3.8) is 0 Å². The topological polar surface area (TPSA) is 40.5 Å². The van der Waals surface area contributed by atoms with E-state index < -0.39 is 17.7 Å². The number of alkyl halides is 3. The van der Waals surface area contributed by atoms with Gasteiger partial charge in [-0.1, -0.05) is 30.3 Å². The molecule has 0 spiro atoms. The molecule has 0 amide bonds. The lowest BCUT2D eigenvalue weighted by molar-refractivity contribution is -0.138. The van der Waals surface area contributed by atoms with E-state index in [1.807, 2.05) is 0 Å². The van der Waals surface area contributed by atoms with Crippen LogP contribution in [0.25, 0.3) is 0 Å². The molecule has 0 unspecified atom stereocenters. The lowest BCUT2D eigenvalue weighted by Gasteiger charge is -2.33. The van der Waals surface area contributed by atoms with Crippen molar-refractivity contribution < 1.29 is 23.1 Å². The number of carboxylic acids is 1. The number of halogens is 3. The molecule has 138 valence electrons. The molecular weight excluding hydrogens is 343 g/mol. The number of carboxylic acid groups (broad SMARTS) is 1. The van der Waals surface area contributed by atoms with Gasteiger partial charge in [0.2, 0.25) is 0 Å². The van der Waals surface area contributed by atoms with Gasteiger partial charge in [-0.15, -0.1) is 0 Å². The van der Waals surface area contributed by atoms with Crippen LogP contribution < -0.4 is 0 Å². The van der Waals surface area contributed by atoms with Crippen molar-refractivity contribution in [1.82, 2.24) is 4.90 Å². The van der Waals surface area contributed by atoms with Crippen molar-refractivity contribution >= 4 is 5.97 Å². The second-order valence-corrected chi connectivity index (χ2v) is 6.64. The molecule has 1 fully saturated rings. The third-order valence-electron chi connectivity index (χ3n) is 4.90. The Morgan fingerprint density at radius 2 is 1.65 bits per heavy atom. The molecule has 1 heterocycles. The first-order valence-corrected chi connectivity index (χ1v) is 8.55. The Hall–Kier alpha value is -2.34. The quantitative estimate of drug-likeness (QED) is 0.850. The first-order valence-electron chi connectivity index (χ1n) is 8.55. The summed E-state index contributed by atoms with van der Waals surface area (Å²) >= 11 is 0. The van der Waals surface area contributed by atoms with E-state index in [4.69, 9.17) is 5.11 Å². The fraction of sp³-hybridized carbons (Fsp3) is 0.350. The van der Waals surface area contributed by atoms with E-state index >= 15 is 0 Å². The van der Waals surface area contributed by atoms with Crippen molar-refractivity contribution in [2.24, 2.45) is 0 Å². The van der Waals surface area contributed by atoms with Gasteiger partial charge in [0.25, 0.3) is 0 Å². The standard InChI is InChI=1S/C20H20F3NO2/c21-20(22,23)18-4-2-1-3-17(18)15-9-11-24(12-10-15)13-14-5-7-16(8-6-14)19(25)26/h1-8,15H,9-13H2,(H,25,26). The van der Waals surface area contributed by atoms with Gasteiger partial charge in [-0.3, -0.25) is 4.90 Å². The van der Waals surface area contributed by atoms with E-state index in [2.05, 4.69) is 4.90 Å². The van der Waals surface area contributed by atoms with Crippen LogP contribution in [0.2, 0.25) is 0 Å². The number of hydrogen-bond acceptors (Lipinski definition) is 2. The number of rotatable bonds is 4. The molecule has 0 aliphatic carbocycles. The van der Waals surface area contributed by atoms with Crippen LogP contribution in [0, 0.1) is 0 Å². The highest BCUT2D eigenvalue weighted by molar-refractivity contribution is 5.87. The molecular formula is C20H20F3NO2. The van der Waals surface area contributed by atoms with Crippen molar-refractivity contribution in [3.8, 4) is 0 Å². The van der Waals surface area contributed by atoms with Gasteiger partial charge < -0.3 is 5.11 Å². The molecule has 3 nitrogen and oxygen atoms in total. The summed E-state index contributed by atoms with van der Waals surface area (Å²) in [5.74, 6) is -1.04. The maximum atomic E-state index is 13.2. The molecule has 3 rings (SSSR count). The largest absolute Gasteiger partial charge is 0.478 e. The summed E-state index contributed by atoms with van der Waals surface area (Å²) in [6, 6.07) is 12.6. The van der Waals surface area contributed by atoms with Gasteiger partial charge in [0.15, 0.2) is 0 Å². The van der Waals surface area contributed by atoms with Crippen molar-refractivity contribution in [1.29, 1.82) is 0 Å². The summed E-state index contributed by atoms with van der Waals surface area (Å²) in [6.45, 7) is 2.11. The zero-order valence-corrected chi connectivity index (χ0v) is 14.2. The molecule has 26 heavy (non-hydrogen) atoms. The first-order chi connectivity index (χ1) is 12.3. The van der Waals surface area contributed by atoms with E-state index in [1.165, 1.54) is 6.07 Å². The monoisotopic (exact) mass is 363 g/mol. The third-order valence-corrected chi connectivity index (χ3v) is 4.90. The maximum absolute atomic E-state index is 13.2. The summed E-state index contributed by atoms with van der Waals surface area (Å²) in [6.07, 6.45) is -2.96. The molecule has 2 aromatic carbocycles. The molecule has 6 heteroatoms. The predicted octanol–water partition coefficient (Wildman–Crippen LogP) is 4.78. The number of piperidine rings is 1. The van der Waals surface area contributed by atoms with Crippen LogP contribution in [0.1, 0.15) is 45.8 Å².